The third-order valence-electron chi connectivity index (χ3n) is 1.32. The zero-order chi connectivity index (χ0) is 9.52. The fraction of sp³-hybridized carbons (Fsp3) is 0.222. The van der Waals surface area contributed by atoms with Crippen molar-refractivity contribution >= 4 is 29.2 Å². The van der Waals surface area contributed by atoms with Crippen molar-refractivity contribution in [3.05, 3.63) is 30.3 Å². The Morgan fingerprint density at radius 1 is 1.21 bits per heavy atom. The zero-order valence-electron chi connectivity index (χ0n) is 7.93. The molecule has 0 amide bonds. The Balaban J connectivity index is 0.00000169. The minimum atomic E-state index is 0. The molecule has 1 rings (SSSR count). The van der Waals surface area contributed by atoms with Gasteiger partial charge in [-0.05, 0) is 12.1 Å². The maximum atomic E-state index is 5.33. The molecule has 0 heterocycles. The minimum absolute atomic E-state index is 0. The molecule has 0 aromatic heterocycles. The van der Waals surface area contributed by atoms with Gasteiger partial charge in [-0.1, -0.05) is 18.2 Å². The van der Waals surface area contributed by atoms with E-state index in [0.29, 0.717) is 13.2 Å². The van der Waals surface area contributed by atoms with E-state index in [-0.39, 0.29) is 55.8 Å². The zero-order valence-corrected chi connectivity index (χ0v) is 12.7. The monoisotopic (exact) mass is 252 g/mol. The van der Waals surface area contributed by atoms with Crippen molar-refractivity contribution in [2.45, 2.75) is 0 Å². The van der Waals surface area contributed by atoms with E-state index < -0.39 is 0 Å². The quantitative estimate of drug-likeness (QED) is 0.293. The number of ether oxygens (including phenoxy) is 2. The fourth-order valence-corrected chi connectivity index (χ4v) is 0.968. The van der Waals surface area contributed by atoms with Crippen LogP contribution in [0.5, 0.6) is 5.75 Å². The number of hydrogen-bond acceptors (Lipinski definition) is 4. The Morgan fingerprint density at radius 2 is 1.86 bits per heavy atom. The van der Waals surface area contributed by atoms with Crippen LogP contribution in [0.2, 0.25) is 0 Å². The van der Waals surface area contributed by atoms with Crippen LogP contribution >= 0.6 is 12.2 Å². The number of benzene rings is 1. The van der Waals surface area contributed by atoms with Gasteiger partial charge in [0.05, 0.1) is 0 Å². The molecular formula is C9H9KO2S2. The van der Waals surface area contributed by atoms with Crippen LogP contribution in [0.15, 0.2) is 30.3 Å². The number of thiocarbonyl (C=S) groups is 1. The molecule has 0 bridgehead atoms. The van der Waals surface area contributed by atoms with Crippen LogP contribution < -0.4 is 56.1 Å². The smallest absolute Gasteiger partial charge is 0.510 e. The number of hydrogen-bond donors (Lipinski definition) is 0. The Bertz CT molecular complexity index is 267. The maximum Gasteiger partial charge on any atom is 1.00 e. The summed E-state index contributed by atoms with van der Waals surface area (Å²) in [5, 5.41) is 0. The maximum absolute atomic E-state index is 5.33. The van der Waals surface area contributed by atoms with E-state index in [1.807, 2.05) is 30.3 Å². The van der Waals surface area contributed by atoms with Crippen LogP contribution in [0, 0.1) is 0 Å². The molecule has 14 heavy (non-hydrogen) atoms. The minimum Gasteiger partial charge on any atom is -0.510 e. The first-order chi connectivity index (χ1) is 6.29. The number of para-hydroxylation sites is 1. The Morgan fingerprint density at radius 3 is 2.43 bits per heavy atom. The topological polar surface area (TPSA) is 18.5 Å². The summed E-state index contributed by atoms with van der Waals surface area (Å²) in [5.74, 6) is 0.821. The molecule has 0 fully saturated rings. The first-order valence-electron chi connectivity index (χ1n) is 3.80. The SMILES string of the molecule is S=C([S-])OCCOc1ccccc1.[K+]. The Kier molecular flexibility index (Phi) is 9.52. The van der Waals surface area contributed by atoms with Crippen LogP contribution in [0.1, 0.15) is 0 Å². The van der Waals surface area contributed by atoms with Gasteiger partial charge in [-0.2, -0.15) is 0 Å². The third kappa shape index (κ3) is 7.11. The molecule has 0 saturated carbocycles. The molecule has 2 nitrogen and oxygen atoms in total. The second kappa shape index (κ2) is 9.03. The summed E-state index contributed by atoms with van der Waals surface area (Å²) in [6, 6.07) is 9.52. The van der Waals surface area contributed by atoms with Gasteiger partial charge in [-0.15, -0.1) is 0 Å². The largest absolute Gasteiger partial charge is 1.00 e. The van der Waals surface area contributed by atoms with Gasteiger partial charge in [-0.3, -0.25) is 0 Å². The summed E-state index contributed by atoms with van der Waals surface area (Å²) in [5.41, 5.74) is 0. The molecule has 0 aliphatic heterocycles. The predicted molar refractivity (Wildman–Crippen MR) is 57.9 cm³/mol. The summed E-state index contributed by atoms with van der Waals surface area (Å²) >= 11 is 9.13. The molecule has 5 heteroatoms. The van der Waals surface area contributed by atoms with Crippen molar-refractivity contribution in [3.8, 4) is 5.75 Å². The van der Waals surface area contributed by atoms with Gasteiger partial charge in [0.15, 0.2) is 0 Å². The molecule has 0 saturated heterocycles. The first kappa shape index (κ1) is 14.8. The van der Waals surface area contributed by atoms with Gasteiger partial charge < -0.3 is 34.3 Å². The number of rotatable bonds is 4. The fourth-order valence-electron chi connectivity index (χ4n) is 0.801. The summed E-state index contributed by atoms with van der Waals surface area (Å²) in [4.78, 5) is 0. The molecule has 0 atom stereocenters. The van der Waals surface area contributed by atoms with Gasteiger partial charge in [0.25, 0.3) is 0 Å². The summed E-state index contributed by atoms with van der Waals surface area (Å²) in [6.07, 6.45) is 0. The average molecular weight is 252 g/mol. The summed E-state index contributed by atoms with van der Waals surface area (Å²) in [7, 11) is 0. The standard InChI is InChI=1S/C9H10O2S2.K/c12-9(13)11-7-6-10-8-4-2-1-3-5-8;/h1-5H,6-7H2,(H,12,13);/q;+1/p-1. The van der Waals surface area contributed by atoms with E-state index in [9.17, 15) is 0 Å². The Labute approximate surface area is 137 Å². The second-order valence-electron chi connectivity index (χ2n) is 2.26. The van der Waals surface area contributed by atoms with E-state index in [1.54, 1.807) is 0 Å². The molecule has 0 aliphatic carbocycles. The molecule has 1 aromatic carbocycles. The molecular weight excluding hydrogens is 243 g/mol. The van der Waals surface area contributed by atoms with Crippen LogP contribution in [0.3, 0.4) is 0 Å². The second-order valence-corrected chi connectivity index (χ2v) is 3.26. The molecule has 0 spiro atoms. The van der Waals surface area contributed by atoms with Gasteiger partial charge in [0.1, 0.15) is 19.0 Å². The normalized spacial score (nSPS) is 8.57. The van der Waals surface area contributed by atoms with Crippen molar-refractivity contribution < 1.29 is 60.9 Å². The van der Waals surface area contributed by atoms with Gasteiger partial charge >= 0.3 is 51.4 Å². The van der Waals surface area contributed by atoms with Gasteiger partial charge in [0.2, 0.25) is 0 Å². The van der Waals surface area contributed by atoms with Crippen molar-refractivity contribution in [2.75, 3.05) is 13.2 Å². The predicted octanol–water partition coefficient (Wildman–Crippen LogP) is -1.08. The summed E-state index contributed by atoms with van der Waals surface area (Å²) in [6.45, 7) is 0.859. The van der Waals surface area contributed by atoms with Crippen molar-refractivity contribution in [2.24, 2.45) is 0 Å². The van der Waals surface area contributed by atoms with E-state index >= 15 is 0 Å². The van der Waals surface area contributed by atoms with Crippen molar-refractivity contribution in [3.63, 3.8) is 0 Å². The first-order valence-corrected chi connectivity index (χ1v) is 4.62. The Hall–Kier alpha value is 0.766. The molecule has 0 N–H and O–H groups in total. The van der Waals surface area contributed by atoms with E-state index in [1.165, 1.54) is 0 Å². The van der Waals surface area contributed by atoms with E-state index in [0.717, 1.165) is 5.75 Å². The van der Waals surface area contributed by atoms with E-state index in [2.05, 4.69) is 24.8 Å². The average Bonchev–Trinajstić information content (AvgIpc) is 2.14. The van der Waals surface area contributed by atoms with Crippen LogP contribution in [0.25, 0.3) is 0 Å². The molecule has 1 aromatic rings. The van der Waals surface area contributed by atoms with Crippen LogP contribution in [0.4, 0.5) is 0 Å². The van der Waals surface area contributed by atoms with Crippen molar-refractivity contribution in [1.82, 2.24) is 0 Å². The molecule has 0 unspecified atom stereocenters. The third-order valence-corrected chi connectivity index (χ3v) is 1.55. The van der Waals surface area contributed by atoms with Gasteiger partial charge in [0, 0.05) is 4.38 Å². The van der Waals surface area contributed by atoms with Crippen LogP contribution in [-0.4, -0.2) is 17.6 Å². The van der Waals surface area contributed by atoms with Crippen LogP contribution in [-0.2, 0) is 17.4 Å². The van der Waals surface area contributed by atoms with Gasteiger partial charge in [-0.25, -0.2) is 0 Å². The molecule has 0 radical (unpaired) electrons. The van der Waals surface area contributed by atoms with E-state index in [4.69, 9.17) is 9.47 Å². The summed E-state index contributed by atoms with van der Waals surface area (Å²) < 4.78 is 10.3. The van der Waals surface area contributed by atoms with Crippen molar-refractivity contribution in [1.29, 1.82) is 0 Å². The molecule has 0 aliphatic rings. The molecule has 70 valence electrons.